The fourth-order valence-corrected chi connectivity index (χ4v) is 1.84. The average molecular weight is 322 g/mol. The van der Waals surface area contributed by atoms with Crippen molar-refractivity contribution in [2.24, 2.45) is 0 Å². The first-order chi connectivity index (χ1) is 10.0. The van der Waals surface area contributed by atoms with Crippen LogP contribution in [0.25, 0.3) is 11.3 Å². The normalized spacial score (nSPS) is 12.5. The van der Waals surface area contributed by atoms with Crippen LogP contribution in [0, 0.1) is 5.41 Å². The van der Waals surface area contributed by atoms with Gasteiger partial charge in [0, 0.05) is 5.56 Å². The zero-order valence-electron chi connectivity index (χ0n) is 10.9. The lowest BCUT2D eigenvalue weighted by Crippen LogP contribution is -2.12. The van der Waals surface area contributed by atoms with Gasteiger partial charge in [-0.1, -0.05) is 0 Å². The van der Waals surface area contributed by atoms with Crippen LogP contribution in [0.1, 0.15) is 23.7 Å². The lowest BCUT2D eigenvalue weighted by atomic mass is 9.98. The molecule has 0 unspecified atom stereocenters. The van der Waals surface area contributed by atoms with Crippen LogP contribution in [0.5, 0.6) is 0 Å². The highest BCUT2D eigenvalue weighted by atomic mass is 19.4. The van der Waals surface area contributed by atoms with Crippen LogP contribution in [0.3, 0.4) is 0 Å². The first-order valence-corrected chi connectivity index (χ1v) is 5.77. The predicted molar refractivity (Wildman–Crippen MR) is 64.3 cm³/mol. The van der Waals surface area contributed by atoms with E-state index in [4.69, 9.17) is 5.41 Å². The Morgan fingerprint density at radius 2 is 1.68 bits per heavy atom. The molecular weight excluding hydrogens is 314 g/mol. The molecule has 1 aromatic carbocycles. The molecule has 4 nitrogen and oxygen atoms in total. The van der Waals surface area contributed by atoms with Crippen molar-refractivity contribution >= 4 is 5.71 Å². The van der Waals surface area contributed by atoms with Crippen molar-refractivity contribution in [3.8, 4) is 11.3 Å². The van der Waals surface area contributed by atoms with Crippen molar-refractivity contribution in [2.75, 3.05) is 0 Å². The number of nitrogens with zero attached hydrogens (tertiary/aromatic N) is 2. The summed E-state index contributed by atoms with van der Waals surface area (Å²) in [6, 6.07) is 1.05. The van der Waals surface area contributed by atoms with Crippen molar-refractivity contribution in [1.82, 2.24) is 15.4 Å². The Kier molecular flexibility index (Phi) is 3.71. The van der Waals surface area contributed by atoms with Crippen molar-refractivity contribution in [3.63, 3.8) is 0 Å². The van der Waals surface area contributed by atoms with Crippen LogP contribution < -0.4 is 0 Å². The number of hydrogen-bond acceptors (Lipinski definition) is 3. The molecule has 1 heterocycles. The van der Waals surface area contributed by atoms with Gasteiger partial charge in [0.1, 0.15) is 11.4 Å². The van der Waals surface area contributed by atoms with E-state index in [1.807, 2.05) is 5.21 Å². The fraction of sp³-hybridized carbons (Fsp3) is 0.250. The highest BCUT2D eigenvalue weighted by molar-refractivity contribution is 5.99. The number of hydrogen-bond donors (Lipinski definition) is 2. The van der Waals surface area contributed by atoms with E-state index in [1.165, 1.54) is 6.92 Å². The second-order valence-corrected chi connectivity index (χ2v) is 4.40. The Bertz CT molecular complexity index is 713. The molecule has 0 bridgehead atoms. The Labute approximate surface area is 119 Å². The van der Waals surface area contributed by atoms with Crippen molar-refractivity contribution in [2.45, 2.75) is 19.3 Å². The van der Waals surface area contributed by atoms with E-state index in [1.54, 1.807) is 0 Å². The Balaban J connectivity index is 2.75. The van der Waals surface area contributed by atoms with Crippen molar-refractivity contribution in [3.05, 3.63) is 35.0 Å². The molecule has 0 amide bonds. The SMILES string of the molecule is CC(=N)c1n[nH]nc1-c1cc(C(F)(F)F)ccc1C(F)(F)F. The van der Waals surface area contributed by atoms with Crippen molar-refractivity contribution < 1.29 is 26.3 Å². The van der Waals surface area contributed by atoms with Gasteiger partial charge in [0.2, 0.25) is 0 Å². The number of benzene rings is 1. The molecule has 0 aliphatic carbocycles. The average Bonchev–Trinajstić information content (AvgIpc) is 2.85. The van der Waals surface area contributed by atoms with E-state index in [-0.39, 0.29) is 11.4 Å². The molecule has 22 heavy (non-hydrogen) atoms. The molecule has 0 saturated carbocycles. The monoisotopic (exact) mass is 322 g/mol. The number of aromatic nitrogens is 3. The molecule has 0 aliphatic rings. The maximum absolute atomic E-state index is 13.0. The molecule has 0 aliphatic heterocycles. The molecule has 2 N–H and O–H groups in total. The highest BCUT2D eigenvalue weighted by Gasteiger charge is 2.38. The number of alkyl halides is 6. The van der Waals surface area contributed by atoms with Crippen LogP contribution >= 0.6 is 0 Å². The summed E-state index contributed by atoms with van der Waals surface area (Å²) in [6.07, 6.45) is -9.67. The van der Waals surface area contributed by atoms with Gasteiger partial charge in [-0.3, -0.25) is 0 Å². The third kappa shape index (κ3) is 2.95. The number of nitrogens with one attached hydrogen (secondary N) is 2. The largest absolute Gasteiger partial charge is 0.417 e. The molecule has 0 fully saturated rings. The van der Waals surface area contributed by atoms with Gasteiger partial charge in [-0.25, -0.2) is 0 Å². The number of aromatic amines is 1. The Morgan fingerprint density at radius 3 is 2.18 bits per heavy atom. The molecule has 2 aromatic rings. The topological polar surface area (TPSA) is 65.4 Å². The van der Waals surface area contributed by atoms with E-state index in [9.17, 15) is 26.3 Å². The summed E-state index contributed by atoms with van der Waals surface area (Å²) in [5, 5.41) is 16.4. The van der Waals surface area contributed by atoms with E-state index in [2.05, 4.69) is 10.2 Å². The third-order valence-electron chi connectivity index (χ3n) is 2.81. The van der Waals surface area contributed by atoms with Gasteiger partial charge in [0.25, 0.3) is 0 Å². The van der Waals surface area contributed by atoms with Crippen LogP contribution in [0.15, 0.2) is 18.2 Å². The van der Waals surface area contributed by atoms with Crippen molar-refractivity contribution in [1.29, 1.82) is 5.41 Å². The third-order valence-corrected chi connectivity index (χ3v) is 2.81. The van der Waals surface area contributed by atoms with Crippen LogP contribution in [0.2, 0.25) is 0 Å². The van der Waals surface area contributed by atoms with E-state index in [0.29, 0.717) is 18.2 Å². The molecule has 10 heteroatoms. The zero-order chi connectivity index (χ0) is 16.7. The lowest BCUT2D eigenvalue weighted by Gasteiger charge is -2.15. The number of H-pyrrole nitrogens is 1. The van der Waals surface area contributed by atoms with Gasteiger partial charge >= 0.3 is 12.4 Å². The smallest absolute Gasteiger partial charge is 0.303 e. The summed E-state index contributed by atoms with van der Waals surface area (Å²) in [4.78, 5) is 0. The molecule has 0 saturated heterocycles. The number of rotatable bonds is 2. The second kappa shape index (κ2) is 5.11. The predicted octanol–water partition coefficient (Wildman–Crippen LogP) is 3.90. The zero-order valence-corrected chi connectivity index (χ0v) is 10.9. The van der Waals surface area contributed by atoms with E-state index < -0.39 is 34.7 Å². The van der Waals surface area contributed by atoms with Gasteiger partial charge in [-0.15, -0.1) is 0 Å². The quantitative estimate of drug-likeness (QED) is 0.650. The highest BCUT2D eigenvalue weighted by Crippen LogP contribution is 2.40. The minimum atomic E-state index is -4.87. The molecular formula is C12H8F6N4. The maximum Gasteiger partial charge on any atom is 0.417 e. The molecule has 0 spiro atoms. The minimum Gasteiger partial charge on any atom is -0.303 e. The van der Waals surface area contributed by atoms with Gasteiger partial charge < -0.3 is 5.41 Å². The van der Waals surface area contributed by atoms with Crippen LogP contribution in [-0.4, -0.2) is 21.1 Å². The lowest BCUT2D eigenvalue weighted by molar-refractivity contribution is -0.141. The fourth-order valence-electron chi connectivity index (χ4n) is 1.84. The molecule has 2 rings (SSSR count). The van der Waals surface area contributed by atoms with Gasteiger partial charge in [-0.2, -0.15) is 41.8 Å². The van der Waals surface area contributed by atoms with Gasteiger partial charge in [0.15, 0.2) is 0 Å². The van der Waals surface area contributed by atoms with Crippen LogP contribution in [-0.2, 0) is 12.4 Å². The van der Waals surface area contributed by atoms with Gasteiger partial charge in [0.05, 0.1) is 16.8 Å². The standard InChI is InChI=1S/C12H8F6N4/c1-5(19)9-10(21-22-20-9)7-4-6(11(13,14)15)2-3-8(7)12(16,17)18/h2-4,19H,1H3,(H,20,21,22). The van der Waals surface area contributed by atoms with Crippen LogP contribution in [0.4, 0.5) is 26.3 Å². The summed E-state index contributed by atoms with van der Waals surface area (Å²) in [5.41, 5.74) is -4.23. The molecule has 0 atom stereocenters. The minimum absolute atomic E-state index is 0.228. The second-order valence-electron chi connectivity index (χ2n) is 4.40. The molecule has 118 valence electrons. The summed E-state index contributed by atoms with van der Waals surface area (Å²) in [5.74, 6) is 0. The van der Waals surface area contributed by atoms with E-state index in [0.717, 1.165) is 0 Å². The maximum atomic E-state index is 13.0. The summed E-state index contributed by atoms with van der Waals surface area (Å²) >= 11 is 0. The summed E-state index contributed by atoms with van der Waals surface area (Å²) in [7, 11) is 0. The first kappa shape index (κ1) is 16.0. The Morgan fingerprint density at radius 1 is 1.05 bits per heavy atom. The summed E-state index contributed by atoms with van der Waals surface area (Å²) < 4.78 is 77.2. The summed E-state index contributed by atoms with van der Waals surface area (Å²) in [6.45, 7) is 1.24. The van der Waals surface area contributed by atoms with E-state index >= 15 is 0 Å². The molecule has 0 radical (unpaired) electrons. The molecule has 1 aromatic heterocycles. The first-order valence-electron chi connectivity index (χ1n) is 5.77. The number of halogens is 6. The Hall–Kier alpha value is -2.39. The van der Waals surface area contributed by atoms with Gasteiger partial charge in [-0.05, 0) is 25.1 Å².